The molecule has 1 nitrogen and oxygen atoms in total. The highest BCUT2D eigenvalue weighted by Crippen LogP contribution is 2.18. The topological polar surface area (TPSA) is 9.23 Å². The summed E-state index contributed by atoms with van der Waals surface area (Å²) in [5.41, 5.74) is 2.35. The Balaban J connectivity index is 2.14. The monoisotopic (exact) mass is 224 g/mol. The van der Waals surface area contributed by atoms with Crippen molar-refractivity contribution in [2.75, 3.05) is 7.11 Å². The van der Waals surface area contributed by atoms with E-state index in [4.69, 9.17) is 4.74 Å². The third-order valence-corrected chi connectivity index (χ3v) is 2.65. The lowest BCUT2D eigenvalue weighted by Crippen LogP contribution is -1.96. The van der Waals surface area contributed by atoms with Crippen molar-refractivity contribution in [2.24, 2.45) is 0 Å². The Morgan fingerprint density at radius 3 is 2.06 bits per heavy atom. The van der Waals surface area contributed by atoms with Gasteiger partial charge in [0.25, 0.3) is 0 Å². The third-order valence-electron chi connectivity index (χ3n) is 2.65. The van der Waals surface area contributed by atoms with E-state index in [0.717, 1.165) is 0 Å². The van der Waals surface area contributed by atoms with Crippen molar-refractivity contribution in [3.8, 4) is 0 Å². The van der Waals surface area contributed by atoms with Crippen LogP contribution in [0.5, 0.6) is 0 Å². The quantitative estimate of drug-likeness (QED) is 0.760. The number of benzene rings is 2. The molecule has 0 N–H and O–H groups in total. The van der Waals surface area contributed by atoms with Crippen LogP contribution in [-0.2, 0) is 4.74 Å². The molecule has 2 aromatic rings. The normalized spacial score (nSPS) is 12.8. The minimum atomic E-state index is 0.0106. The number of rotatable bonds is 4. The zero-order valence-corrected chi connectivity index (χ0v) is 9.91. The molecule has 0 aliphatic rings. The van der Waals surface area contributed by atoms with Gasteiger partial charge in [0, 0.05) is 7.11 Å². The van der Waals surface area contributed by atoms with Crippen molar-refractivity contribution >= 4 is 6.08 Å². The third kappa shape index (κ3) is 3.30. The van der Waals surface area contributed by atoms with E-state index in [1.165, 1.54) is 11.1 Å². The SMILES string of the molecule is COC(C=Cc1ccccc1)c1ccccc1. The van der Waals surface area contributed by atoms with Crippen molar-refractivity contribution < 1.29 is 4.74 Å². The van der Waals surface area contributed by atoms with E-state index >= 15 is 0 Å². The Morgan fingerprint density at radius 1 is 0.882 bits per heavy atom. The fraction of sp³-hybridized carbons (Fsp3) is 0.125. The summed E-state index contributed by atoms with van der Waals surface area (Å²) in [7, 11) is 1.73. The maximum absolute atomic E-state index is 5.47. The van der Waals surface area contributed by atoms with Gasteiger partial charge in [-0.1, -0.05) is 72.8 Å². The summed E-state index contributed by atoms with van der Waals surface area (Å²) in [5, 5.41) is 0. The van der Waals surface area contributed by atoms with Crippen LogP contribution in [0.25, 0.3) is 6.08 Å². The van der Waals surface area contributed by atoms with Crippen molar-refractivity contribution in [1.29, 1.82) is 0 Å². The van der Waals surface area contributed by atoms with Crippen LogP contribution in [0.15, 0.2) is 66.7 Å². The number of methoxy groups -OCH3 is 1. The van der Waals surface area contributed by atoms with Crippen LogP contribution in [0.4, 0.5) is 0 Å². The molecule has 0 saturated carbocycles. The van der Waals surface area contributed by atoms with E-state index < -0.39 is 0 Å². The molecule has 0 fully saturated rings. The summed E-state index contributed by atoms with van der Waals surface area (Å²) in [4.78, 5) is 0. The van der Waals surface area contributed by atoms with Gasteiger partial charge in [-0.2, -0.15) is 0 Å². The van der Waals surface area contributed by atoms with Crippen molar-refractivity contribution in [3.63, 3.8) is 0 Å². The van der Waals surface area contributed by atoms with E-state index in [1.54, 1.807) is 7.11 Å². The number of hydrogen-bond acceptors (Lipinski definition) is 1. The molecular weight excluding hydrogens is 208 g/mol. The van der Waals surface area contributed by atoms with Crippen LogP contribution in [0.3, 0.4) is 0 Å². The summed E-state index contributed by atoms with van der Waals surface area (Å²) >= 11 is 0. The molecule has 0 spiro atoms. The zero-order chi connectivity index (χ0) is 11.9. The molecule has 0 heterocycles. The largest absolute Gasteiger partial charge is 0.373 e. The van der Waals surface area contributed by atoms with Crippen molar-refractivity contribution in [2.45, 2.75) is 6.10 Å². The highest BCUT2D eigenvalue weighted by Gasteiger charge is 2.04. The standard InChI is InChI=1S/C16H16O/c1-17-16(15-10-6-3-7-11-15)13-12-14-8-4-2-5-9-14/h2-13,16H,1H3. The minimum absolute atomic E-state index is 0.0106. The van der Waals surface area contributed by atoms with E-state index in [-0.39, 0.29) is 6.10 Å². The second-order valence-corrected chi connectivity index (χ2v) is 3.84. The first-order chi connectivity index (χ1) is 8.40. The van der Waals surface area contributed by atoms with E-state index in [2.05, 4.69) is 36.4 Å². The lowest BCUT2D eigenvalue weighted by atomic mass is 10.1. The predicted octanol–water partition coefficient (Wildman–Crippen LogP) is 4.09. The van der Waals surface area contributed by atoms with Crippen LogP contribution in [0, 0.1) is 0 Å². The van der Waals surface area contributed by atoms with Gasteiger partial charge in [0.15, 0.2) is 0 Å². The molecule has 1 atom stereocenters. The van der Waals surface area contributed by atoms with E-state index in [9.17, 15) is 0 Å². The highest BCUT2D eigenvalue weighted by molar-refractivity contribution is 5.50. The molecule has 1 unspecified atom stereocenters. The van der Waals surface area contributed by atoms with Gasteiger partial charge in [-0.05, 0) is 11.1 Å². The first-order valence-corrected chi connectivity index (χ1v) is 5.71. The first-order valence-electron chi connectivity index (χ1n) is 5.71. The summed E-state index contributed by atoms with van der Waals surface area (Å²) < 4.78 is 5.47. The summed E-state index contributed by atoms with van der Waals surface area (Å²) in [5.74, 6) is 0. The Kier molecular flexibility index (Phi) is 4.11. The summed E-state index contributed by atoms with van der Waals surface area (Å²) in [6, 6.07) is 20.4. The Morgan fingerprint density at radius 2 is 1.47 bits per heavy atom. The highest BCUT2D eigenvalue weighted by atomic mass is 16.5. The Labute approximate surface area is 102 Å². The summed E-state index contributed by atoms with van der Waals surface area (Å²) in [6.07, 6.45) is 4.17. The van der Waals surface area contributed by atoms with Crippen LogP contribution < -0.4 is 0 Å². The fourth-order valence-electron chi connectivity index (χ4n) is 1.73. The molecule has 2 rings (SSSR count). The summed E-state index contributed by atoms with van der Waals surface area (Å²) in [6.45, 7) is 0. The van der Waals surface area contributed by atoms with Gasteiger partial charge in [0.05, 0.1) is 0 Å². The second-order valence-electron chi connectivity index (χ2n) is 3.84. The van der Waals surface area contributed by atoms with Crippen LogP contribution in [0.1, 0.15) is 17.2 Å². The first kappa shape index (κ1) is 11.6. The van der Waals surface area contributed by atoms with Gasteiger partial charge < -0.3 is 4.74 Å². The van der Waals surface area contributed by atoms with Gasteiger partial charge >= 0.3 is 0 Å². The number of ether oxygens (including phenoxy) is 1. The molecule has 0 amide bonds. The maximum atomic E-state index is 5.47. The van der Waals surface area contributed by atoms with Gasteiger partial charge in [-0.3, -0.25) is 0 Å². The molecule has 0 radical (unpaired) electrons. The molecule has 17 heavy (non-hydrogen) atoms. The molecule has 0 aliphatic carbocycles. The molecule has 86 valence electrons. The van der Waals surface area contributed by atoms with Crippen LogP contribution in [-0.4, -0.2) is 7.11 Å². The Bertz CT molecular complexity index is 459. The van der Waals surface area contributed by atoms with E-state index in [1.807, 2.05) is 36.4 Å². The molecule has 2 aromatic carbocycles. The Hall–Kier alpha value is -1.86. The van der Waals surface area contributed by atoms with Crippen LogP contribution in [0.2, 0.25) is 0 Å². The lowest BCUT2D eigenvalue weighted by molar-refractivity contribution is 0.143. The maximum Gasteiger partial charge on any atom is 0.101 e. The molecule has 0 bridgehead atoms. The smallest absolute Gasteiger partial charge is 0.101 e. The van der Waals surface area contributed by atoms with Gasteiger partial charge in [0.2, 0.25) is 0 Å². The molecule has 0 saturated heterocycles. The van der Waals surface area contributed by atoms with E-state index in [0.29, 0.717) is 0 Å². The lowest BCUT2D eigenvalue weighted by Gasteiger charge is -2.10. The van der Waals surface area contributed by atoms with Gasteiger partial charge in [-0.25, -0.2) is 0 Å². The molecule has 0 aliphatic heterocycles. The van der Waals surface area contributed by atoms with Crippen LogP contribution >= 0.6 is 0 Å². The number of hydrogen-bond donors (Lipinski definition) is 0. The minimum Gasteiger partial charge on any atom is -0.373 e. The average molecular weight is 224 g/mol. The average Bonchev–Trinajstić information content (AvgIpc) is 2.42. The van der Waals surface area contributed by atoms with Gasteiger partial charge in [-0.15, -0.1) is 0 Å². The zero-order valence-electron chi connectivity index (χ0n) is 9.91. The predicted molar refractivity (Wildman–Crippen MR) is 71.7 cm³/mol. The molecule has 0 aromatic heterocycles. The van der Waals surface area contributed by atoms with Gasteiger partial charge in [0.1, 0.15) is 6.10 Å². The second kappa shape index (κ2) is 6.02. The fourth-order valence-corrected chi connectivity index (χ4v) is 1.73. The van der Waals surface area contributed by atoms with Crippen molar-refractivity contribution in [3.05, 3.63) is 77.9 Å². The van der Waals surface area contributed by atoms with Crippen molar-refractivity contribution in [1.82, 2.24) is 0 Å². The molecular formula is C16H16O. The molecule has 1 heteroatoms.